The number of alkyl halides is 2. The maximum Gasteiger partial charge on any atom is 0.387 e. The molecule has 4 nitrogen and oxygen atoms in total. The Bertz CT molecular complexity index is 365. The van der Waals surface area contributed by atoms with Crippen molar-refractivity contribution in [2.24, 2.45) is 0 Å². The van der Waals surface area contributed by atoms with Crippen molar-refractivity contribution in [3.05, 3.63) is 29.8 Å². The van der Waals surface area contributed by atoms with Gasteiger partial charge in [-0.05, 0) is 31.2 Å². The third-order valence-corrected chi connectivity index (χ3v) is 1.90. The van der Waals surface area contributed by atoms with Gasteiger partial charge in [-0.3, -0.25) is 4.79 Å². The number of nitrogens with one attached hydrogen (secondary N) is 1. The Morgan fingerprint density at radius 2 is 2.00 bits per heavy atom. The number of benzene rings is 1. The predicted octanol–water partition coefficient (Wildman–Crippen LogP) is 1.40. The number of halogens is 2. The number of aliphatic hydroxyl groups excluding tert-OH is 1. The lowest BCUT2D eigenvalue weighted by Crippen LogP contribution is -2.30. The Labute approximate surface area is 97.2 Å². The highest BCUT2D eigenvalue weighted by atomic mass is 19.3. The van der Waals surface area contributed by atoms with Gasteiger partial charge in [-0.15, -0.1) is 0 Å². The minimum Gasteiger partial charge on any atom is -0.435 e. The van der Waals surface area contributed by atoms with E-state index in [0.29, 0.717) is 5.56 Å². The average Bonchev–Trinajstić information content (AvgIpc) is 2.26. The summed E-state index contributed by atoms with van der Waals surface area (Å²) in [4.78, 5) is 11.5. The molecule has 1 aromatic rings. The van der Waals surface area contributed by atoms with Crippen LogP contribution >= 0.6 is 0 Å². The van der Waals surface area contributed by atoms with E-state index >= 15 is 0 Å². The van der Waals surface area contributed by atoms with Crippen molar-refractivity contribution >= 4 is 5.91 Å². The van der Waals surface area contributed by atoms with Crippen molar-refractivity contribution in [1.29, 1.82) is 0 Å². The number of hydrogen-bond acceptors (Lipinski definition) is 3. The van der Waals surface area contributed by atoms with Crippen LogP contribution in [0.1, 0.15) is 17.3 Å². The lowest BCUT2D eigenvalue weighted by atomic mass is 10.2. The maximum absolute atomic E-state index is 11.9. The second kappa shape index (κ2) is 6.15. The van der Waals surface area contributed by atoms with Gasteiger partial charge in [0.2, 0.25) is 0 Å². The van der Waals surface area contributed by atoms with E-state index in [-0.39, 0.29) is 18.2 Å². The van der Waals surface area contributed by atoms with Crippen LogP contribution in [0.5, 0.6) is 5.75 Å². The third-order valence-electron chi connectivity index (χ3n) is 1.90. The highest BCUT2D eigenvalue weighted by molar-refractivity contribution is 5.94. The van der Waals surface area contributed by atoms with Crippen molar-refractivity contribution in [1.82, 2.24) is 5.32 Å². The lowest BCUT2D eigenvalue weighted by Gasteiger charge is -2.08. The SMILES string of the molecule is C[C@@H](O)CNC(=O)c1ccc(OC(F)F)cc1. The molecule has 0 fully saturated rings. The fraction of sp³-hybridized carbons (Fsp3) is 0.364. The lowest BCUT2D eigenvalue weighted by molar-refractivity contribution is -0.0498. The van der Waals surface area contributed by atoms with E-state index in [1.807, 2.05) is 0 Å². The predicted molar refractivity (Wildman–Crippen MR) is 57.1 cm³/mol. The van der Waals surface area contributed by atoms with E-state index in [1.54, 1.807) is 6.92 Å². The zero-order chi connectivity index (χ0) is 12.8. The van der Waals surface area contributed by atoms with Crippen LogP contribution in [0, 0.1) is 0 Å². The molecule has 2 N–H and O–H groups in total. The first-order chi connectivity index (χ1) is 7.99. The van der Waals surface area contributed by atoms with Gasteiger partial charge in [0.05, 0.1) is 6.10 Å². The molecule has 0 bridgehead atoms. The Morgan fingerprint density at radius 3 is 2.47 bits per heavy atom. The molecule has 0 spiro atoms. The van der Waals surface area contributed by atoms with Crippen LogP contribution in [-0.4, -0.2) is 30.3 Å². The highest BCUT2D eigenvalue weighted by Crippen LogP contribution is 2.14. The fourth-order valence-corrected chi connectivity index (χ4v) is 1.13. The van der Waals surface area contributed by atoms with E-state index in [0.717, 1.165) is 0 Å². The Morgan fingerprint density at radius 1 is 1.41 bits per heavy atom. The van der Waals surface area contributed by atoms with Crippen molar-refractivity contribution in [2.75, 3.05) is 6.54 Å². The zero-order valence-corrected chi connectivity index (χ0v) is 9.19. The summed E-state index contributed by atoms with van der Waals surface area (Å²) < 4.78 is 27.9. The summed E-state index contributed by atoms with van der Waals surface area (Å²) in [6.07, 6.45) is -0.639. The van der Waals surface area contributed by atoms with Crippen LogP contribution in [0.25, 0.3) is 0 Å². The quantitative estimate of drug-likeness (QED) is 0.824. The zero-order valence-electron chi connectivity index (χ0n) is 9.19. The Balaban J connectivity index is 2.57. The summed E-state index contributed by atoms with van der Waals surface area (Å²) in [5.41, 5.74) is 0.312. The van der Waals surface area contributed by atoms with Gasteiger partial charge in [0.25, 0.3) is 5.91 Å². The summed E-state index contributed by atoms with van der Waals surface area (Å²) in [6, 6.07) is 5.30. The van der Waals surface area contributed by atoms with Crippen LogP contribution in [0.15, 0.2) is 24.3 Å². The molecular formula is C11H13F2NO3. The normalized spacial score (nSPS) is 12.3. The molecule has 0 aliphatic rings. The van der Waals surface area contributed by atoms with Crippen LogP contribution in [0.4, 0.5) is 8.78 Å². The average molecular weight is 245 g/mol. The van der Waals surface area contributed by atoms with Crippen LogP contribution < -0.4 is 10.1 Å². The second-order valence-electron chi connectivity index (χ2n) is 3.46. The molecule has 0 saturated heterocycles. The number of ether oxygens (including phenoxy) is 1. The molecule has 1 atom stereocenters. The maximum atomic E-state index is 11.9. The van der Waals surface area contributed by atoms with Crippen molar-refractivity contribution < 1.29 is 23.4 Å². The van der Waals surface area contributed by atoms with Gasteiger partial charge in [0.15, 0.2) is 0 Å². The molecular weight excluding hydrogens is 232 g/mol. The van der Waals surface area contributed by atoms with Gasteiger partial charge in [-0.25, -0.2) is 0 Å². The van der Waals surface area contributed by atoms with E-state index < -0.39 is 12.7 Å². The largest absolute Gasteiger partial charge is 0.435 e. The van der Waals surface area contributed by atoms with E-state index in [9.17, 15) is 13.6 Å². The Hall–Kier alpha value is -1.69. The van der Waals surface area contributed by atoms with Crippen molar-refractivity contribution in [3.63, 3.8) is 0 Å². The molecule has 1 rings (SSSR count). The highest BCUT2D eigenvalue weighted by Gasteiger charge is 2.08. The molecule has 6 heteroatoms. The molecule has 1 amide bonds. The van der Waals surface area contributed by atoms with Gasteiger partial charge in [-0.2, -0.15) is 8.78 Å². The van der Waals surface area contributed by atoms with Crippen LogP contribution in [0.3, 0.4) is 0 Å². The minimum absolute atomic E-state index is 0.00734. The Kier molecular flexibility index (Phi) is 4.84. The summed E-state index contributed by atoms with van der Waals surface area (Å²) >= 11 is 0. The van der Waals surface area contributed by atoms with Crippen LogP contribution in [-0.2, 0) is 0 Å². The molecule has 94 valence electrons. The summed E-state index contributed by atoms with van der Waals surface area (Å²) in [5, 5.41) is 11.5. The molecule has 0 heterocycles. The number of carbonyl (C=O) groups is 1. The van der Waals surface area contributed by atoms with Gasteiger partial charge in [-0.1, -0.05) is 0 Å². The molecule has 1 aromatic carbocycles. The van der Waals surface area contributed by atoms with Crippen LogP contribution in [0.2, 0.25) is 0 Å². The number of amides is 1. The first-order valence-corrected chi connectivity index (χ1v) is 5.00. The molecule has 0 radical (unpaired) electrons. The summed E-state index contributed by atoms with van der Waals surface area (Å²) in [7, 11) is 0. The summed E-state index contributed by atoms with van der Waals surface area (Å²) in [6.45, 7) is -1.21. The van der Waals surface area contributed by atoms with Gasteiger partial charge in [0.1, 0.15) is 5.75 Å². The van der Waals surface area contributed by atoms with Gasteiger partial charge < -0.3 is 15.2 Å². The smallest absolute Gasteiger partial charge is 0.387 e. The second-order valence-corrected chi connectivity index (χ2v) is 3.46. The summed E-state index contributed by atoms with van der Waals surface area (Å²) in [5.74, 6) is -0.387. The number of aliphatic hydroxyl groups is 1. The van der Waals surface area contributed by atoms with E-state index in [2.05, 4.69) is 10.1 Å². The molecule has 0 aromatic heterocycles. The third kappa shape index (κ3) is 4.78. The molecule has 0 unspecified atom stereocenters. The van der Waals surface area contributed by atoms with Gasteiger partial charge in [0, 0.05) is 12.1 Å². The number of rotatable bonds is 5. The van der Waals surface area contributed by atoms with E-state index in [4.69, 9.17) is 5.11 Å². The first-order valence-electron chi connectivity index (χ1n) is 5.00. The molecule has 0 aliphatic carbocycles. The molecule has 0 aliphatic heterocycles. The topological polar surface area (TPSA) is 58.6 Å². The van der Waals surface area contributed by atoms with Crippen molar-refractivity contribution in [3.8, 4) is 5.75 Å². The molecule has 17 heavy (non-hydrogen) atoms. The van der Waals surface area contributed by atoms with Gasteiger partial charge >= 0.3 is 6.61 Å². The molecule has 0 saturated carbocycles. The minimum atomic E-state index is -2.88. The van der Waals surface area contributed by atoms with Crippen molar-refractivity contribution in [2.45, 2.75) is 19.6 Å². The first kappa shape index (κ1) is 13.4. The number of hydrogen-bond donors (Lipinski definition) is 2. The standard InChI is InChI=1S/C11H13F2NO3/c1-7(15)6-14-10(16)8-2-4-9(5-3-8)17-11(12)13/h2-5,7,11,15H,6H2,1H3,(H,14,16)/t7-/m1/s1. The monoisotopic (exact) mass is 245 g/mol. The number of carbonyl (C=O) groups excluding carboxylic acids is 1. The fourth-order valence-electron chi connectivity index (χ4n) is 1.13. The van der Waals surface area contributed by atoms with E-state index in [1.165, 1.54) is 24.3 Å².